The Hall–Kier alpha value is -3.46. The molecule has 3 nitrogen and oxygen atoms in total. The summed E-state index contributed by atoms with van der Waals surface area (Å²) in [7, 11) is 0. The fraction of sp³-hybridized carbons (Fsp3) is 0.0833. The van der Waals surface area contributed by atoms with Gasteiger partial charge in [0.05, 0.1) is 11.9 Å². The molecule has 0 saturated carbocycles. The van der Waals surface area contributed by atoms with E-state index in [4.69, 9.17) is 0 Å². The zero-order valence-electron chi connectivity index (χ0n) is 15.1. The summed E-state index contributed by atoms with van der Waals surface area (Å²) in [6.07, 6.45) is 1.83. The molecule has 132 valence electrons. The van der Waals surface area contributed by atoms with Gasteiger partial charge in [0.15, 0.2) is 5.78 Å². The van der Waals surface area contributed by atoms with Gasteiger partial charge >= 0.3 is 0 Å². The summed E-state index contributed by atoms with van der Waals surface area (Å²) < 4.78 is 1.86. The summed E-state index contributed by atoms with van der Waals surface area (Å²) in [6, 6.07) is 28.8. The summed E-state index contributed by atoms with van der Waals surface area (Å²) in [5.74, 6) is 0.0297. The van der Waals surface area contributed by atoms with E-state index in [0.717, 1.165) is 22.4 Å². The van der Waals surface area contributed by atoms with E-state index in [1.807, 2.05) is 96.7 Å². The highest BCUT2D eigenvalue weighted by Gasteiger charge is 2.27. The third-order valence-corrected chi connectivity index (χ3v) is 4.69. The average molecular weight is 352 g/mol. The van der Waals surface area contributed by atoms with Crippen LogP contribution in [0.2, 0.25) is 0 Å². The Balaban J connectivity index is 1.90. The van der Waals surface area contributed by atoms with Gasteiger partial charge in [0.25, 0.3) is 0 Å². The van der Waals surface area contributed by atoms with Crippen LogP contribution in [0, 0.1) is 6.92 Å². The molecule has 27 heavy (non-hydrogen) atoms. The van der Waals surface area contributed by atoms with Gasteiger partial charge in [-0.05, 0) is 18.1 Å². The van der Waals surface area contributed by atoms with E-state index in [9.17, 15) is 4.79 Å². The second-order valence-electron chi connectivity index (χ2n) is 6.53. The molecule has 0 amide bonds. The zero-order valence-corrected chi connectivity index (χ0v) is 15.1. The lowest BCUT2D eigenvalue weighted by Gasteiger charge is -2.20. The van der Waals surface area contributed by atoms with E-state index < -0.39 is 6.04 Å². The van der Waals surface area contributed by atoms with Crippen LogP contribution in [0.1, 0.15) is 27.5 Å². The molecule has 4 rings (SSSR count). The van der Waals surface area contributed by atoms with Crippen molar-refractivity contribution in [3.63, 3.8) is 0 Å². The minimum atomic E-state index is -0.516. The predicted octanol–water partition coefficient (Wildman–Crippen LogP) is 5.33. The summed E-state index contributed by atoms with van der Waals surface area (Å²) in [4.78, 5) is 13.5. The van der Waals surface area contributed by atoms with Crippen molar-refractivity contribution in [1.29, 1.82) is 0 Å². The highest BCUT2D eigenvalue weighted by molar-refractivity contribution is 6.01. The number of hydrogen-bond acceptors (Lipinski definition) is 2. The first-order chi connectivity index (χ1) is 13.3. The van der Waals surface area contributed by atoms with Crippen molar-refractivity contribution in [2.24, 2.45) is 0 Å². The van der Waals surface area contributed by atoms with Crippen molar-refractivity contribution in [2.75, 3.05) is 0 Å². The van der Waals surface area contributed by atoms with Crippen LogP contribution < -0.4 is 0 Å². The number of carbonyl (C=O) groups is 1. The van der Waals surface area contributed by atoms with Crippen LogP contribution in [0.5, 0.6) is 0 Å². The van der Waals surface area contributed by atoms with Crippen molar-refractivity contribution in [2.45, 2.75) is 13.0 Å². The number of nitrogens with zero attached hydrogens (tertiary/aromatic N) is 2. The number of carbonyl (C=O) groups excluding carboxylic acids is 1. The van der Waals surface area contributed by atoms with Gasteiger partial charge in [-0.15, -0.1) is 0 Å². The topological polar surface area (TPSA) is 34.9 Å². The van der Waals surface area contributed by atoms with Gasteiger partial charge in [0.1, 0.15) is 6.04 Å². The largest absolute Gasteiger partial charge is 0.291 e. The molecular formula is C24H20N2O. The maximum atomic E-state index is 13.5. The minimum absolute atomic E-state index is 0.0297. The van der Waals surface area contributed by atoms with Crippen molar-refractivity contribution >= 4 is 5.78 Å². The maximum absolute atomic E-state index is 13.5. The molecule has 4 aromatic rings. The average Bonchev–Trinajstić information content (AvgIpc) is 3.11. The first kappa shape index (κ1) is 17.0. The number of rotatable bonds is 5. The summed E-state index contributed by atoms with van der Waals surface area (Å²) in [5, 5.41) is 4.61. The smallest absolute Gasteiger partial charge is 0.191 e. The molecule has 1 aromatic heterocycles. The number of ketones is 1. The van der Waals surface area contributed by atoms with Crippen molar-refractivity contribution in [1.82, 2.24) is 9.78 Å². The third kappa shape index (κ3) is 3.32. The van der Waals surface area contributed by atoms with Crippen molar-refractivity contribution in [3.8, 4) is 11.3 Å². The molecule has 0 radical (unpaired) electrons. The molecule has 0 bridgehead atoms. The normalized spacial score (nSPS) is 11.9. The Labute approximate surface area is 158 Å². The molecule has 0 saturated heterocycles. The fourth-order valence-electron chi connectivity index (χ4n) is 3.40. The molecule has 0 aliphatic heterocycles. The molecule has 0 unspecified atom stereocenters. The fourth-order valence-corrected chi connectivity index (χ4v) is 3.40. The highest BCUT2D eigenvalue weighted by Crippen LogP contribution is 2.31. The Morgan fingerprint density at radius 1 is 0.815 bits per heavy atom. The molecule has 3 heteroatoms. The Morgan fingerprint density at radius 2 is 1.37 bits per heavy atom. The van der Waals surface area contributed by atoms with Gasteiger partial charge < -0.3 is 0 Å². The summed E-state index contributed by atoms with van der Waals surface area (Å²) in [5.41, 5.74) is 4.66. The minimum Gasteiger partial charge on any atom is -0.291 e. The van der Waals surface area contributed by atoms with Gasteiger partial charge in [-0.2, -0.15) is 5.10 Å². The van der Waals surface area contributed by atoms with Gasteiger partial charge in [0, 0.05) is 11.1 Å². The van der Waals surface area contributed by atoms with E-state index >= 15 is 0 Å². The van der Waals surface area contributed by atoms with Crippen molar-refractivity contribution < 1.29 is 4.79 Å². The quantitative estimate of drug-likeness (QED) is 0.455. The van der Waals surface area contributed by atoms with Gasteiger partial charge in [-0.3, -0.25) is 4.79 Å². The number of hydrogen-bond donors (Lipinski definition) is 0. The first-order valence-electron chi connectivity index (χ1n) is 8.99. The standard InChI is InChI=1S/C24H20N2O/c1-18-17-25-26(22(18)19-11-5-2-6-12-19)23(20-13-7-3-8-14-20)24(27)21-15-9-4-10-16-21/h2-17,23H,1H3/t23-/m0/s1. The second kappa shape index (κ2) is 7.42. The van der Waals surface area contributed by atoms with Gasteiger partial charge in [-0.25, -0.2) is 4.68 Å². The number of aromatic nitrogens is 2. The van der Waals surface area contributed by atoms with Crippen LogP contribution in [0.15, 0.2) is 97.2 Å². The van der Waals surface area contributed by atoms with Crippen LogP contribution in [0.4, 0.5) is 0 Å². The monoisotopic (exact) mass is 352 g/mol. The lowest BCUT2D eigenvalue weighted by Crippen LogP contribution is -2.23. The summed E-state index contributed by atoms with van der Waals surface area (Å²) in [6.45, 7) is 2.03. The Bertz CT molecular complexity index is 1040. The molecule has 0 aliphatic carbocycles. The molecule has 3 aromatic carbocycles. The summed E-state index contributed by atoms with van der Waals surface area (Å²) >= 11 is 0. The van der Waals surface area contributed by atoms with E-state index in [2.05, 4.69) is 17.2 Å². The maximum Gasteiger partial charge on any atom is 0.191 e. The number of Topliss-reactive ketones (excluding diaryl/α,β-unsaturated/α-hetero) is 1. The number of aryl methyl sites for hydroxylation is 1. The highest BCUT2D eigenvalue weighted by atomic mass is 16.1. The Kier molecular flexibility index (Phi) is 4.67. The predicted molar refractivity (Wildman–Crippen MR) is 108 cm³/mol. The van der Waals surface area contributed by atoms with E-state index in [-0.39, 0.29) is 5.78 Å². The Morgan fingerprint density at radius 3 is 2.00 bits per heavy atom. The second-order valence-corrected chi connectivity index (χ2v) is 6.53. The molecule has 0 fully saturated rings. The van der Waals surface area contributed by atoms with Crippen LogP contribution in [-0.4, -0.2) is 15.6 Å². The molecule has 0 N–H and O–H groups in total. The third-order valence-electron chi connectivity index (χ3n) is 4.69. The number of benzene rings is 3. The van der Waals surface area contributed by atoms with Crippen molar-refractivity contribution in [3.05, 3.63) is 114 Å². The zero-order chi connectivity index (χ0) is 18.6. The lowest BCUT2D eigenvalue weighted by molar-refractivity contribution is 0.0940. The molecular weight excluding hydrogens is 332 g/mol. The molecule has 0 spiro atoms. The van der Waals surface area contributed by atoms with Crippen LogP contribution in [0.3, 0.4) is 0 Å². The molecule has 1 heterocycles. The van der Waals surface area contributed by atoms with Gasteiger partial charge in [-0.1, -0.05) is 91.0 Å². The van der Waals surface area contributed by atoms with E-state index in [1.54, 1.807) is 0 Å². The molecule has 0 aliphatic rings. The van der Waals surface area contributed by atoms with Gasteiger partial charge in [0.2, 0.25) is 0 Å². The van der Waals surface area contributed by atoms with E-state index in [0.29, 0.717) is 5.56 Å². The van der Waals surface area contributed by atoms with Crippen LogP contribution in [0.25, 0.3) is 11.3 Å². The first-order valence-corrected chi connectivity index (χ1v) is 8.99. The lowest BCUT2D eigenvalue weighted by atomic mass is 9.96. The molecule has 1 atom stereocenters. The van der Waals surface area contributed by atoms with E-state index in [1.165, 1.54) is 0 Å². The van der Waals surface area contributed by atoms with Crippen LogP contribution >= 0.6 is 0 Å². The SMILES string of the molecule is Cc1cnn([C@H](C(=O)c2ccccc2)c2ccccc2)c1-c1ccccc1. The van der Waals surface area contributed by atoms with Crippen LogP contribution in [-0.2, 0) is 0 Å².